The van der Waals surface area contributed by atoms with E-state index in [-0.39, 0.29) is 11.5 Å². The predicted molar refractivity (Wildman–Crippen MR) is 72.5 cm³/mol. The molecule has 1 aromatic heterocycles. The van der Waals surface area contributed by atoms with Crippen LogP contribution in [-0.4, -0.2) is 39.8 Å². The average molecular weight is 283 g/mol. The minimum Gasteiger partial charge on any atom is -0.478 e. The van der Waals surface area contributed by atoms with Crippen LogP contribution < -0.4 is 5.32 Å². The summed E-state index contributed by atoms with van der Waals surface area (Å²) in [7, 11) is 1.57. The Kier molecular flexibility index (Phi) is 5.75. The lowest BCUT2D eigenvalue weighted by molar-refractivity contribution is -0.120. The van der Waals surface area contributed by atoms with Gasteiger partial charge in [-0.15, -0.1) is 11.8 Å². The molecule has 0 spiro atoms. The number of hydrogen-bond donors (Lipinski definition) is 2. The van der Waals surface area contributed by atoms with E-state index in [0.717, 1.165) is 0 Å². The van der Waals surface area contributed by atoms with Crippen molar-refractivity contribution in [2.75, 3.05) is 12.8 Å². The number of carboxylic acids is 1. The van der Waals surface area contributed by atoms with Crippen LogP contribution in [0.5, 0.6) is 0 Å². The van der Waals surface area contributed by atoms with Gasteiger partial charge in [0.2, 0.25) is 5.91 Å². The van der Waals surface area contributed by atoms with Crippen molar-refractivity contribution in [2.45, 2.75) is 31.7 Å². The third-order valence-electron chi connectivity index (χ3n) is 2.48. The number of aromatic carboxylic acids is 1. The molecule has 0 atom stereocenters. The number of hydrogen-bond acceptors (Lipinski definition) is 5. The van der Waals surface area contributed by atoms with Gasteiger partial charge >= 0.3 is 5.97 Å². The third kappa shape index (κ3) is 4.20. The Morgan fingerprint density at radius 3 is 2.58 bits per heavy atom. The van der Waals surface area contributed by atoms with Crippen LogP contribution in [0.1, 0.15) is 35.2 Å². The van der Waals surface area contributed by atoms with Gasteiger partial charge in [-0.3, -0.25) is 4.79 Å². The fourth-order valence-electron chi connectivity index (χ4n) is 1.48. The van der Waals surface area contributed by atoms with E-state index in [1.165, 1.54) is 11.8 Å². The molecule has 1 rings (SSSR count). The zero-order valence-electron chi connectivity index (χ0n) is 11.2. The Labute approximate surface area is 116 Å². The van der Waals surface area contributed by atoms with Crippen LogP contribution in [0.2, 0.25) is 0 Å². The minimum absolute atomic E-state index is 0.0779. The Morgan fingerprint density at radius 1 is 1.37 bits per heavy atom. The topological polar surface area (TPSA) is 92.2 Å². The second-order valence-electron chi connectivity index (χ2n) is 3.84. The molecule has 0 unspecified atom stereocenters. The summed E-state index contributed by atoms with van der Waals surface area (Å²) in [6.45, 7) is 3.57. The monoisotopic (exact) mass is 283 g/mol. The number of aromatic nitrogens is 2. The molecule has 2 N–H and O–H groups in total. The van der Waals surface area contributed by atoms with E-state index < -0.39 is 5.97 Å². The van der Waals surface area contributed by atoms with Crippen molar-refractivity contribution in [3.8, 4) is 0 Å². The van der Waals surface area contributed by atoms with Crippen molar-refractivity contribution in [3.63, 3.8) is 0 Å². The molecule has 1 aromatic rings. The molecule has 0 bridgehead atoms. The normalized spacial score (nSPS) is 10.3. The summed E-state index contributed by atoms with van der Waals surface area (Å²) in [4.78, 5) is 30.7. The van der Waals surface area contributed by atoms with Gasteiger partial charge < -0.3 is 10.4 Å². The quantitative estimate of drug-likeness (QED) is 0.603. The van der Waals surface area contributed by atoms with Gasteiger partial charge in [0.15, 0.2) is 0 Å². The number of nitrogens with one attached hydrogen (secondary N) is 1. The number of nitrogens with zero attached hydrogens (tertiary/aromatic N) is 2. The van der Waals surface area contributed by atoms with E-state index in [0.29, 0.717) is 35.1 Å². The SMILES string of the molecule is CCc1nc(C)c(C(=O)O)c(SCCC(=O)NC)n1. The van der Waals surface area contributed by atoms with Gasteiger partial charge in [-0.05, 0) is 6.92 Å². The highest BCUT2D eigenvalue weighted by molar-refractivity contribution is 7.99. The van der Waals surface area contributed by atoms with Crippen molar-refractivity contribution in [1.82, 2.24) is 15.3 Å². The zero-order chi connectivity index (χ0) is 14.4. The van der Waals surface area contributed by atoms with E-state index in [4.69, 9.17) is 0 Å². The molecular weight excluding hydrogens is 266 g/mol. The maximum absolute atomic E-state index is 11.2. The highest BCUT2D eigenvalue weighted by Crippen LogP contribution is 2.23. The maximum atomic E-state index is 11.2. The van der Waals surface area contributed by atoms with Gasteiger partial charge in [-0.2, -0.15) is 0 Å². The van der Waals surface area contributed by atoms with Gasteiger partial charge in [0, 0.05) is 25.6 Å². The predicted octanol–water partition coefficient (Wildman–Crippen LogP) is 1.27. The summed E-state index contributed by atoms with van der Waals surface area (Å²) in [6, 6.07) is 0. The first-order valence-electron chi connectivity index (χ1n) is 5.93. The number of thioether (sulfide) groups is 1. The number of amides is 1. The first-order chi connectivity index (χ1) is 8.99. The van der Waals surface area contributed by atoms with Gasteiger partial charge in [0.1, 0.15) is 16.4 Å². The van der Waals surface area contributed by atoms with Crippen LogP contribution in [0, 0.1) is 6.92 Å². The lowest BCUT2D eigenvalue weighted by Gasteiger charge is -2.09. The van der Waals surface area contributed by atoms with Crippen molar-refractivity contribution in [3.05, 3.63) is 17.1 Å². The van der Waals surface area contributed by atoms with Crippen LogP contribution in [0.15, 0.2) is 5.03 Å². The number of carbonyl (C=O) groups is 2. The standard InChI is InChI=1S/C12H17N3O3S/c1-4-8-14-7(2)10(12(17)18)11(15-8)19-6-5-9(16)13-3/h4-6H2,1-3H3,(H,13,16)(H,17,18). The average Bonchev–Trinajstić information content (AvgIpc) is 2.37. The Morgan fingerprint density at radius 2 is 2.05 bits per heavy atom. The number of rotatable bonds is 6. The lowest BCUT2D eigenvalue weighted by atomic mass is 10.2. The van der Waals surface area contributed by atoms with Crippen molar-refractivity contribution in [1.29, 1.82) is 0 Å². The molecule has 1 heterocycles. The minimum atomic E-state index is -1.04. The van der Waals surface area contributed by atoms with Crippen LogP contribution >= 0.6 is 11.8 Å². The van der Waals surface area contributed by atoms with Gasteiger partial charge in [0.05, 0.1) is 5.69 Å². The molecule has 6 nitrogen and oxygen atoms in total. The fraction of sp³-hybridized carbons (Fsp3) is 0.500. The van der Waals surface area contributed by atoms with Gasteiger partial charge in [-0.25, -0.2) is 14.8 Å². The largest absolute Gasteiger partial charge is 0.478 e. The molecule has 1 amide bonds. The van der Waals surface area contributed by atoms with E-state index in [9.17, 15) is 14.7 Å². The second-order valence-corrected chi connectivity index (χ2v) is 4.92. The fourth-order valence-corrected chi connectivity index (χ4v) is 2.51. The van der Waals surface area contributed by atoms with E-state index in [1.807, 2.05) is 6.92 Å². The summed E-state index contributed by atoms with van der Waals surface area (Å²) < 4.78 is 0. The molecule has 19 heavy (non-hydrogen) atoms. The Hall–Kier alpha value is -1.63. The molecule has 0 aliphatic heterocycles. The van der Waals surface area contributed by atoms with Crippen LogP contribution in [0.25, 0.3) is 0 Å². The summed E-state index contributed by atoms with van der Waals surface area (Å²) in [5.41, 5.74) is 0.584. The third-order valence-corrected chi connectivity index (χ3v) is 3.46. The van der Waals surface area contributed by atoms with Crippen LogP contribution in [0.3, 0.4) is 0 Å². The number of carbonyl (C=O) groups excluding carboxylic acids is 1. The van der Waals surface area contributed by atoms with Crippen molar-refractivity contribution in [2.24, 2.45) is 0 Å². The maximum Gasteiger partial charge on any atom is 0.340 e. The lowest BCUT2D eigenvalue weighted by Crippen LogP contribution is -2.18. The molecule has 0 radical (unpaired) electrons. The molecule has 0 saturated heterocycles. The Balaban J connectivity index is 2.93. The van der Waals surface area contributed by atoms with Crippen molar-refractivity contribution >= 4 is 23.6 Å². The first kappa shape index (κ1) is 15.4. The number of aryl methyl sites for hydroxylation is 2. The van der Waals surface area contributed by atoms with E-state index >= 15 is 0 Å². The first-order valence-corrected chi connectivity index (χ1v) is 6.92. The summed E-state index contributed by atoms with van der Waals surface area (Å²) in [5, 5.41) is 12.1. The zero-order valence-corrected chi connectivity index (χ0v) is 12.0. The molecule has 0 aliphatic rings. The molecule has 0 aromatic carbocycles. The molecular formula is C12H17N3O3S. The number of carboxylic acid groups (broad SMARTS) is 1. The second kappa shape index (κ2) is 7.08. The summed E-state index contributed by atoms with van der Waals surface area (Å²) in [5.74, 6) is -0.0158. The van der Waals surface area contributed by atoms with Crippen molar-refractivity contribution < 1.29 is 14.7 Å². The summed E-state index contributed by atoms with van der Waals surface area (Å²) >= 11 is 1.27. The molecule has 0 fully saturated rings. The van der Waals surface area contributed by atoms with Gasteiger partial charge in [-0.1, -0.05) is 6.92 Å². The van der Waals surface area contributed by atoms with Crippen LogP contribution in [-0.2, 0) is 11.2 Å². The molecule has 0 saturated carbocycles. The van der Waals surface area contributed by atoms with E-state index in [1.54, 1.807) is 14.0 Å². The highest BCUT2D eigenvalue weighted by atomic mass is 32.2. The molecule has 7 heteroatoms. The Bertz CT molecular complexity index is 491. The smallest absolute Gasteiger partial charge is 0.340 e. The highest BCUT2D eigenvalue weighted by Gasteiger charge is 2.18. The van der Waals surface area contributed by atoms with E-state index in [2.05, 4.69) is 15.3 Å². The molecule has 104 valence electrons. The summed E-state index contributed by atoms with van der Waals surface area (Å²) in [6.07, 6.45) is 0.967. The molecule has 0 aliphatic carbocycles. The van der Waals surface area contributed by atoms with Gasteiger partial charge in [0.25, 0.3) is 0 Å². The van der Waals surface area contributed by atoms with Crippen LogP contribution in [0.4, 0.5) is 0 Å².